The monoisotopic (exact) mass is 168 g/mol. The maximum absolute atomic E-state index is 3.76. The van der Waals surface area contributed by atoms with E-state index in [1.54, 1.807) is 0 Å². The van der Waals surface area contributed by atoms with Crippen LogP contribution in [-0.2, 0) is 0 Å². The van der Waals surface area contributed by atoms with Crippen LogP contribution in [0.2, 0.25) is 0 Å². The molecule has 12 heavy (non-hydrogen) atoms. The fourth-order valence-electron chi connectivity index (χ4n) is 1.61. The van der Waals surface area contributed by atoms with Gasteiger partial charge in [-0.25, -0.2) is 0 Å². The van der Waals surface area contributed by atoms with Gasteiger partial charge in [-0.15, -0.1) is 6.58 Å². The molecule has 0 aromatic rings. The summed E-state index contributed by atoms with van der Waals surface area (Å²) in [5.41, 5.74) is 0. The molecule has 0 aromatic heterocycles. The van der Waals surface area contributed by atoms with Gasteiger partial charge in [0, 0.05) is 0 Å². The Labute approximate surface area is 78.1 Å². The van der Waals surface area contributed by atoms with Crippen LogP contribution in [0, 0.1) is 11.8 Å². The number of hydrogen-bond acceptors (Lipinski definition) is 0. The predicted octanol–water partition coefficient (Wildman–Crippen LogP) is 4.42. The van der Waals surface area contributed by atoms with E-state index in [1.807, 2.05) is 6.08 Å². The van der Waals surface area contributed by atoms with Crippen LogP contribution in [0.5, 0.6) is 0 Å². The lowest BCUT2D eigenvalue weighted by molar-refractivity contribution is 0.411. The third-order valence-corrected chi connectivity index (χ3v) is 2.50. The summed E-state index contributed by atoms with van der Waals surface area (Å²) in [7, 11) is 0. The quantitative estimate of drug-likeness (QED) is 0.494. The molecule has 0 fully saturated rings. The van der Waals surface area contributed by atoms with Crippen molar-refractivity contribution in [1.29, 1.82) is 0 Å². The number of rotatable bonds is 7. The molecule has 0 heteroatoms. The van der Waals surface area contributed by atoms with Crippen molar-refractivity contribution in [3.63, 3.8) is 0 Å². The van der Waals surface area contributed by atoms with Gasteiger partial charge in [0.1, 0.15) is 0 Å². The van der Waals surface area contributed by atoms with Crippen LogP contribution < -0.4 is 0 Å². The molecule has 0 saturated carbocycles. The second-order valence-electron chi connectivity index (χ2n) is 4.10. The Morgan fingerprint density at radius 2 is 1.67 bits per heavy atom. The van der Waals surface area contributed by atoms with Crippen LogP contribution in [-0.4, -0.2) is 0 Å². The minimum atomic E-state index is 0.835. The highest BCUT2D eigenvalue weighted by atomic mass is 14.1. The lowest BCUT2D eigenvalue weighted by Gasteiger charge is -2.13. The van der Waals surface area contributed by atoms with Gasteiger partial charge in [-0.2, -0.15) is 0 Å². The smallest absolute Gasteiger partial charge is 0.0328 e. The van der Waals surface area contributed by atoms with Gasteiger partial charge < -0.3 is 0 Å². The average molecular weight is 168 g/mol. The van der Waals surface area contributed by atoms with Crippen LogP contribution in [0.25, 0.3) is 0 Å². The first-order valence-corrected chi connectivity index (χ1v) is 5.31. The van der Waals surface area contributed by atoms with E-state index in [9.17, 15) is 0 Å². The highest BCUT2D eigenvalue weighted by molar-refractivity contribution is 4.70. The SMILES string of the molecule is C=CCC(C)CCC(C)CCC. The normalized spacial score (nSPS) is 15.6. The lowest BCUT2D eigenvalue weighted by Crippen LogP contribution is -1.99. The fraction of sp³-hybridized carbons (Fsp3) is 0.833. The Bertz CT molecular complexity index is 105. The van der Waals surface area contributed by atoms with E-state index >= 15 is 0 Å². The van der Waals surface area contributed by atoms with Crippen molar-refractivity contribution in [1.82, 2.24) is 0 Å². The van der Waals surface area contributed by atoms with Crippen molar-refractivity contribution in [2.24, 2.45) is 11.8 Å². The van der Waals surface area contributed by atoms with Gasteiger partial charge in [-0.3, -0.25) is 0 Å². The van der Waals surface area contributed by atoms with Crippen LogP contribution in [0.3, 0.4) is 0 Å². The predicted molar refractivity (Wildman–Crippen MR) is 57.3 cm³/mol. The first kappa shape index (κ1) is 11.7. The number of hydrogen-bond donors (Lipinski definition) is 0. The summed E-state index contributed by atoms with van der Waals surface area (Å²) < 4.78 is 0. The van der Waals surface area contributed by atoms with E-state index in [0.29, 0.717) is 0 Å². The van der Waals surface area contributed by atoms with Crippen molar-refractivity contribution in [3.8, 4) is 0 Å². The van der Waals surface area contributed by atoms with Crippen LogP contribution in [0.15, 0.2) is 12.7 Å². The molecule has 0 rings (SSSR count). The van der Waals surface area contributed by atoms with Crippen LogP contribution >= 0.6 is 0 Å². The molecule has 2 unspecified atom stereocenters. The molecule has 0 aliphatic heterocycles. The van der Waals surface area contributed by atoms with Crippen molar-refractivity contribution in [3.05, 3.63) is 12.7 Å². The molecule has 0 heterocycles. The molecule has 0 bridgehead atoms. The van der Waals surface area contributed by atoms with Gasteiger partial charge in [0.05, 0.1) is 0 Å². The van der Waals surface area contributed by atoms with E-state index in [1.165, 1.54) is 32.1 Å². The second kappa shape index (κ2) is 7.39. The van der Waals surface area contributed by atoms with Gasteiger partial charge in [-0.1, -0.05) is 52.5 Å². The summed E-state index contributed by atoms with van der Waals surface area (Å²) in [6.07, 6.45) is 8.70. The zero-order valence-corrected chi connectivity index (χ0v) is 8.97. The van der Waals surface area contributed by atoms with Gasteiger partial charge >= 0.3 is 0 Å². The van der Waals surface area contributed by atoms with Crippen molar-refractivity contribution < 1.29 is 0 Å². The Morgan fingerprint density at radius 1 is 1.08 bits per heavy atom. The molecule has 0 nitrogen and oxygen atoms in total. The lowest BCUT2D eigenvalue weighted by atomic mass is 9.93. The minimum absolute atomic E-state index is 0.835. The summed E-state index contributed by atoms with van der Waals surface area (Å²) >= 11 is 0. The number of allylic oxidation sites excluding steroid dienone is 1. The molecular formula is C12H24. The first-order valence-electron chi connectivity index (χ1n) is 5.31. The van der Waals surface area contributed by atoms with Crippen molar-refractivity contribution in [2.75, 3.05) is 0 Å². The molecule has 0 radical (unpaired) electrons. The largest absolute Gasteiger partial charge is 0.103 e. The molecule has 72 valence electrons. The topological polar surface area (TPSA) is 0 Å². The van der Waals surface area contributed by atoms with Crippen molar-refractivity contribution >= 4 is 0 Å². The third kappa shape index (κ3) is 6.45. The van der Waals surface area contributed by atoms with Gasteiger partial charge in [0.25, 0.3) is 0 Å². The molecule has 0 aromatic carbocycles. The summed E-state index contributed by atoms with van der Waals surface area (Å²) in [6, 6.07) is 0. The van der Waals surface area contributed by atoms with E-state index < -0.39 is 0 Å². The second-order valence-corrected chi connectivity index (χ2v) is 4.10. The zero-order chi connectivity index (χ0) is 9.40. The van der Waals surface area contributed by atoms with Gasteiger partial charge in [0.15, 0.2) is 0 Å². The Hall–Kier alpha value is -0.260. The fourth-order valence-corrected chi connectivity index (χ4v) is 1.61. The maximum atomic E-state index is 3.76. The molecular weight excluding hydrogens is 144 g/mol. The average Bonchev–Trinajstić information content (AvgIpc) is 2.02. The minimum Gasteiger partial charge on any atom is -0.103 e. The molecule has 0 amide bonds. The summed E-state index contributed by atoms with van der Waals surface area (Å²) in [5, 5.41) is 0. The molecule has 0 saturated heterocycles. The van der Waals surface area contributed by atoms with Crippen molar-refractivity contribution in [2.45, 2.75) is 52.9 Å². The summed E-state index contributed by atoms with van der Waals surface area (Å²) in [5.74, 6) is 1.75. The highest BCUT2D eigenvalue weighted by Gasteiger charge is 2.04. The van der Waals surface area contributed by atoms with E-state index in [-0.39, 0.29) is 0 Å². The summed E-state index contributed by atoms with van der Waals surface area (Å²) in [4.78, 5) is 0. The zero-order valence-electron chi connectivity index (χ0n) is 8.97. The van der Waals surface area contributed by atoms with Crippen LogP contribution in [0.4, 0.5) is 0 Å². The Morgan fingerprint density at radius 3 is 2.17 bits per heavy atom. The highest BCUT2D eigenvalue weighted by Crippen LogP contribution is 2.18. The molecule has 2 atom stereocenters. The standard InChI is InChI=1S/C12H24/c1-5-7-11(3)9-10-12(4)8-6-2/h5,11-12H,1,6-10H2,2-4H3. The summed E-state index contributed by atoms with van der Waals surface area (Å²) in [6.45, 7) is 10.7. The molecule has 0 spiro atoms. The first-order chi connectivity index (χ1) is 5.70. The molecule has 0 aliphatic carbocycles. The van der Waals surface area contributed by atoms with E-state index in [4.69, 9.17) is 0 Å². The molecule has 0 aliphatic rings. The maximum Gasteiger partial charge on any atom is -0.0328 e. The third-order valence-electron chi connectivity index (χ3n) is 2.50. The Balaban J connectivity index is 3.32. The van der Waals surface area contributed by atoms with E-state index in [2.05, 4.69) is 27.4 Å². The van der Waals surface area contributed by atoms with Gasteiger partial charge in [0.2, 0.25) is 0 Å². The van der Waals surface area contributed by atoms with Gasteiger partial charge in [-0.05, 0) is 18.3 Å². The Kier molecular flexibility index (Phi) is 7.23. The van der Waals surface area contributed by atoms with E-state index in [0.717, 1.165) is 11.8 Å². The van der Waals surface area contributed by atoms with Crippen LogP contribution in [0.1, 0.15) is 52.9 Å². The molecule has 0 N–H and O–H groups in total.